The van der Waals surface area contributed by atoms with E-state index in [-0.39, 0.29) is 17.4 Å². The molecule has 0 saturated carbocycles. The van der Waals surface area contributed by atoms with E-state index in [0.717, 1.165) is 5.56 Å². The summed E-state index contributed by atoms with van der Waals surface area (Å²) in [6.07, 6.45) is 0. The molecular weight excluding hydrogens is 458 g/mol. The second kappa shape index (κ2) is 10.5. The van der Waals surface area contributed by atoms with E-state index in [1.54, 1.807) is 77.1 Å². The third-order valence-corrected chi connectivity index (χ3v) is 5.68. The largest absolute Gasteiger partial charge is 0.378 e. The highest BCUT2D eigenvalue weighted by Gasteiger charge is 2.20. The van der Waals surface area contributed by atoms with Crippen molar-refractivity contribution < 1.29 is 24.3 Å². The number of ether oxygens (including phenoxy) is 1. The Kier molecular flexibility index (Phi) is 7.22. The van der Waals surface area contributed by atoms with Gasteiger partial charge in [-0.3, -0.25) is 19.6 Å². The van der Waals surface area contributed by atoms with Crippen LogP contribution >= 0.6 is 11.6 Å². The number of hydrogen-bond donors (Lipinski definition) is 3. The SMILES string of the molecule is O=C(NO)c1ccc(-c2cc(NC(=O)c3ccc(Cl)cc3)cc(C(=O)N3CCOCC3)c2)cc1. The van der Waals surface area contributed by atoms with E-state index in [1.165, 1.54) is 0 Å². The van der Waals surface area contributed by atoms with Gasteiger partial charge in [-0.25, -0.2) is 5.48 Å². The average molecular weight is 480 g/mol. The van der Waals surface area contributed by atoms with Crippen molar-refractivity contribution in [1.82, 2.24) is 10.4 Å². The van der Waals surface area contributed by atoms with E-state index in [1.807, 2.05) is 0 Å². The minimum atomic E-state index is -0.626. The summed E-state index contributed by atoms with van der Waals surface area (Å²) in [7, 11) is 0. The lowest BCUT2D eigenvalue weighted by atomic mass is 9.99. The first-order valence-electron chi connectivity index (χ1n) is 10.6. The molecule has 3 aromatic carbocycles. The Hall–Kier alpha value is -3.72. The zero-order valence-corrected chi connectivity index (χ0v) is 18.8. The van der Waals surface area contributed by atoms with Gasteiger partial charge < -0.3 is 15.0 Å². The topological polar surface area (TPSA) is 108 Å². The van der Waals surface area contributed by atoms with Gasteiger partial charge in [0.2, 0.25) is 0 Å². The molecule has 174 valence electrons. The maximum Gasteiger partial charge on any atom is 0.274 e. The van der Waals surface area contributed by atoms with E-state index in [0.29, 0.717) is 53.7 Å². The monoisotopic (exact) mass is 479 g/mol. The summed E-state index contributed by atoms with van der Waals surface area (Å²) >= 11 is 5.91. The number of carbonyl (C=O) groups excluding carboxylic acids is 3. The number of amides is 3. The summed E-state index contributed by atoms with van der Waals surface area (Å²) in [5.74, 6) is -1.13. The van der Waals surface area contributed by atoms with Crippen LogP contribution in [-0.4, -0.2) is 54.1 Å². The normalized spacial score (nSPS) is 13.3. The Morgan fingerprint density at radius 1 is 0.794 bits per heavy atom. The van der Waals surface area contributed by atoms with Crippen molar-refractivity contribution in [1.29, 1.82) is 0 Å². The predicted octanol–water partition coefficient (Wildman–Crippen LogP) is 3.85. The molecule has 0 atom stereocenters. The van der Waals surface area contributed by atoms with Crippen LogP contribution in [0, 0.1) is 0 Å². The molecular formula is C25H22ClN3O5. The summed E-state index contributed by atoms with van der Waals surface area (Å²) in [6, 6.07) is 18.2. The van der Waals surface area contributed by atoms with Crippen LogP contribution in [0.1, 0.15) is 31.1 Å². The Labute approximate surface area is 201 Å². The molecule has 1 aliphatic rings. The van der Waals surface area contributed by atoms with Gasteiger partial charge in [0, 0.05) is 40.5 Å². The summed E-state index contributed by atoms with van der Waals surface area (Å²) in [6.45, 7) is 1.92. The zero-order valence-electron chi connectivity index (χ0n) is 18.1. The van der Waals surface area contributed by atoms with E-state index < -0.39 is 5.91 Å². The van der Waals surface area contributed by atoms with Crippen LogP contribution < -0.4 is 10.8 Å². The highest BCUT2D eigenvalue weighted by atomic mass is 35.5. The summed E-state index contributed by atoms with van der Waals surface area (Å²) in [5.41, 5.74) is 4.58. The van der Waals surface area contributed by atoms with E-state index >= 15 is 0 Å². The minimum Gasteiger partial charge on any atom is -0.378 e. The van der Waals surface area contributed by atoms with Crippen molar-refractivity contribution in [3.05, 3.63) is 88.4 Å². The standard InChI is InChI=1S/C25H22ClN3O5/c26-21-7-5-17(6-8-21)23(30)27-22-14-19(16-1-3-18(4-2-16)24(31)28-33)13-20(15-22)25(32)29-9-11-34-12-10-29/h1-8,13-15,33H,9-12H2,(H,27,30)(H,28,31). The Morgan fingerprint density at radius 3 is 2.06 bits per heavy atom. The lowest BCUT2D eigenvalue weighted by molar-refractivity contribution is 0.0303. The molecule has 1 aliphatic heterocycles. The molecule has 4 rings (SSSR count). The molecule has 1 fully saturated rings. The van der Waals surface area contributed by atoms with Crippen molar-refractivity contribution in [3.63, 3.8) is 0 Å². The molecule has 9 heteroatoms. The van der Waals surface area contributed by atoms with Crippen LogP contribution in [0.2, 0.25) is 5.02 Å². The number of nitrogens with zero attached hydrogens (tertiary/aromatic N) is 1. The fourth-order valence-electron chi connectivity index (χ4n) is 3.62. The van der Waals surface area contributed by atoms with Crippen molar-refractivity contribution in [2.45, 2.75) is 0 Å². The van der Waals surface area contributed by atoms with Crippen LogP contribution in [-0.2, 0) is 4.74 Å². The molecule has 0 bridgehead atoms. The number of carbonyl (C=O) groups is 3. The molecule has 0 radical (unpaired) electrons. The van der Waals surface area contributed by atoms with Gasteiger partial charge in [0.05, 0.1) is 13.2 Å². The minimum absolute atomic E-state index is 0.163. The fourth-order valence-corrected chi connectivity index (χ4v) is 3.75. The summed E-state index contributed by atoms with van der Waals surface area (Å²) in [5, 5.41) is 12.2. The molecule has 3 aromatic rings. The van der Waals surface area contributed by atoms with Crippen molar-refractivity contribution in [2.75, 3.05) is 31.6 Å². The summed E-state index contributed by atoms with van der Waals surface area (Å²) in [4.78, 5) is 39.3. The second-order valence-electron chi connectivity index (χ2n) is 7.68. The Balaban J connectivity index is 1.68. The number of benzene rings is 3. The fraction of sp³-hybridized carbons (Fsp3) is 0.160. The number of hydrogen-bond acceptors (Lipinski definition) is 5. The number of anilines is 1. The summed E-state index contributed by atoms with van der Waals surface area (Å²) < 4.78 is 5.34. The molecule has 0 spiro atoms. The number of halogens is 1. The van der Waals surface area contributed by atoms with Gasteiger partial charge >= 0.3 is 0 Å². The number of hydroxylamine groups is 1. The van der Waals surface area contributed by atoms with Gasteiger partial charge in [-0.15, -0.1) is 0 Å². The first kappa shape index (κ1) is 23.4. The molecule has 3 N–H and O–H groups in total. The van der Waals surface area contributed by atoms with Crippen molar-refractivity contribution in [2.24, 2.45) is 0 Å². The van der Waals surface area contributed by atoms with Crippen LogP contribution in [0.4, 0.5) is 5.69 Å². The van der Waals surface area contributed by atoms with Gasteiger partial charge in [0.15, 0.2) is 0 Å². The third-order valence-electron chi connectivity index (χ3n) is 5.42. The first-order chi connectivity index (χ1) is 16.4. The van der Waals surface area contributed by atoms with Gasteiger partial charge in [-0.2, -0.15) is 0 Å². The maximum atomic E-state index is 13.2. The van der Waals surface area contributed by atoms with E-state index in [2.05, 4.69) is 5.32 Å². The van der Waals surface area contributed by atoms with Crippen LogP contribution in [0.3, 0.4) is 0 Å². The van der Waals surface area contributed by atoms with E-state index in [9.17, 15) is 14.4 Å². The van der Waals surface area contributed by atoms with Crippen molar-refractivity contribution in [3.8, 4) is 11.1 Å². The van der Waals surface area contributed by atoms with Crippen molar-refractivity contribution >= 4 is 35.0 Å². The molecule has 0 aromatic heterocycles. The lowest BCUT2D eigenvalue weighted by Crippen LogP contribution is -2.40. The zero-order chi connectivity index (χ0) is 24.1. The smallest absolute Gasteiger partial charge is 0.274 e. The molecule has 0 unspecified atom stereocenters. The van der Waals surface area contributed by atoms with Gasteiger partial charge in [0.1, 0.15) is 0 Å². The molecule has 3 amide bonds. The Bertz CT molecular complexity index is 1210. The molecule has 1 heterocycles. The maximum absolute atomic E-state index is 13.2. The molecule has 0 aliphatic carbocycles. The average Bonchev–Trinajstić information content (AvgIpc) is 2.88. The Morgan fingerprint density at radius 2 is 1.41 bits per heavy atom. The van der Waals surface area contributed by atoms with Gasteiger partial charge in [-0.05, 0) is 65.7 Å². The van der Waals surface area contributed by atoms with Crippen LogP contribution in [0.15, 0.2) is 66.7 Å². The number of morpholine rings is 1. The molecule has 1 saturated heterocycles. The lowest BCUT2D eigenvalue weighted by Gasteiger charge is -2.27. The molecule has 8 nitrogen and oxygen atoms in total. The highest BCUT2D eigenvalue weighted by Crippen LogP contribution is 2.27. The third kappa shape index (κ3) is 5.43. The second-order valence-corrected chi connectivity index (χ2v) is 8.12. The van der Waals surface area contributed by atoms with Crippen LogP contribution in [0.5, 0.6) is 0 Å². The van der Waals surface area contributed by atoms with E-state index in [4.69, 9.17) is 21.5 Å². The molecule has 34 heavy (non-hydrogen) atoms. The van der Waals surface area contributed by atoms with Gasteiger partial charge in [0.25, 0.3) is 17.7 Å². The highest BCUT2D eigenvalue weighted by molar-refractivity contribution is 6.30. The van der Waals surface area contributed by atoms with Gasteiger partial charge in [-0.1, -0.05) is 23.7 Å². The number of rotatable bonds is 5. The quantitative estimate of drug-likeness (QED) is 0.380. The predicted molar refractivity (Wildman–Crippen MR) is 127 cm³/mol. The van der Waals surface area contributed by atoms with Crippen LogP contribution in [0.25, 0.3) is 11.1 Å². The number of nitrogens with one attached hydrogen (secondary N) is 2. The first-order valence-corrected chi connectivity index (χ1v) is 11.0.